The Morgan fingerprint density at radius 2 is 2.00 bits per heavy atom. The highest BCUT2D eigenvalue weighted by Gasteiger charge is 2.60. The van der Waals surface area contributed by atoms with Gasteiger partial charge in [-0.25, -0.2) is 4.79 Å². The molecule has 1 saturated carbocycles. The highest BCUT2D eigenvalue weighted by atomic mass is 19.4. The van der Waals surface area contributed by atoms with E-state index in [1.54, 1.807) is 0 Å². The van der Waals surface area contributed by atoms with Crippen LogP contribution in [0.3, 0.4) is 0 Å². The standard InChI is InChI=1S/C20H21F3N2O4/c1-3-16(26)25-10-9-24(18(28)19(25)7-8-19)15(17(27)29-2)12-13-5-4-6-14(11-13)20(21,22)23/h3-6,11,15H,1,7-10,12H2,2H3/t15-/m0/s1. The summed E-state index contributed by atoms with van der Waals surface area (Å²) in [6.07, 6.45) is -2.54. The molecule has 0 unspecified atom stereocenters. The van der Waals surface area contributed by atoms with E-state index < -0.39 is 29.3 Å². The number of alkyl halides is 3. The Labute approximate surface area is 165 Å². The molecule has 6 nitrogen and oxygen atoms in total. The van der Waals surface area contributed by atoms with Crippen molar-refractivity contribution in [2.75, 3.05) is 20.2 Å². The smallest absolute Gasteiger partial charge is 0.416 e. The molecule has 1 aromatic rings. The molecule has 1 heterocycles. The van der Waals surface area contributed by atoms with Gasteiger partial charge in [0.05, 0.1) is 12.7 Å². The lowest BCUT2D eigenvalue weighted by Crippen LogP contribution is -2.64. The number of benzene rings is 1. The van der Waals surface area contributed by atoms with Gasteiger partial charge in [-0.1, -0.05) is 24.8 Å². The molecular formula is C20H21F3N2O4. The minimum absolute atomic E-state index is 0.0822. The lowest BCUT2D eigenvalue weighted by molar-refractivity contribution is -0.161. The van der Waals surface area contributed by atoms with Crippen molar-refractivity contribution >= 4 is 17.8 Å². The lowest BCUT2D eigenvalue weighted by Gasteiger charge is -2.43. The molecule has 0 N–H and O–H groups in total. The van der Waals surface area contributed by atoms with E-state index in [2.05, 4.69) is 6.58 Å². The van der Waals surface area contributed by atoms with E-state index in [0.29, 0.717) is 12.8 Å². The Hall–Kier alpha value is -2.84. The number of nitrogens with zero attached hydrogens (tertiary/aromatic N) is 2. The first-order valence-corrected chi connectivity index (χ1v) is 9.13. The molecule has 156 valence electrons. The summed E-state index contributed by atoms with van der Waals surface area (Å²) >= 11 is 0. The number of halogens is 3. The third-order valence-electron chi connectivity index (χ3n) is 5.44. The van der Waals surface area contributed by atoms with Crippen molar-refractivity contribution < 1.29 is 32.3 Å². The number of hydrogen-bond acceptors (Lipinski definition) is 4. The van der Waals surface area contributed by atoms with E-state index >= 15 is 0 Å². The Balaban J connectivity index is 1.87. The van der Waals surface area contributed by atoms with Gasteiger partial charge in [-0.3, -0.25) is 9.59 Å². The van der Waals surface area contributed by atoms with E-state index in [4.69, 9.17) is 4.74 Å². The van der Waals surface area contributed by atoms with Gasteiger partial charge in [0.1, 0.15) is 11.6 Å². The molecule has 0 aromatic heterocycles. The number of amides is 2. The van der Waals surface area contributed by atoms with Crippen molar-refractivity contribution in [2.45, 2.75) is 37.0 Å². The monoisotopic (exact) mass is 410 g/mol. The van der Waals surface area contributed by atoms with Crippen LogP contribution in [0.5, 0.6) is 0 Å². The number of hydrogen-bond donors (Lipinski definition) is 0. The highest BCUT2D eigenvalue weighted by Crippen LogP contribution is 2.46. The maximum atomic E-state index is 13.1. The Morgan fingerprint density at radius 3 is 2.55 bits per heavy atom. The molecule has 0 radical (unpaired) electrons. The Bertz CT molecular complexity index is 848. The van der Waals surface area contributed by atoms with Gasteiger partial charge in [-0.15, -0.1) is 0 Å². The second-order valence-electron chi connectivity index (χ2n) is 7.17. The molecule has 1 spiro atoms. The Morgan fingerprint density at radius 1 is 1.31 bits per heavy atom. The fourth-order valence-corrected chi connectivity index (χ4v) is 3.79. The van der Waals surface area contributed by atoms with Crippen LogP contribution < -0.4 is 0 Å². The zero-order valence-electron chi connectivity index (χ0n) is 15.9. The molecule has 2 amide bonds. The van der Waals surface area contributed by atoms with Gasteiger partial charge in [-0.2, -0.15) is 13.2 Å². The zero-order valence-corrected chi connectivity index (χ0v) is 15.9. The number of carbonyl (C=O) groups is 3. The number of methoxy groups -OCH3 is 1. The average Bonchev–Trinajstić information content (AvgIpc) is 3.48. The van der Waals surface area contributed by atoms with Crippen LogP contribution in [-0.4, -0.2) is 59.4 Å². The summed E-state index contributed by atoms with van der Waals surface area (Å²) in [7, 11) is 1.16. The molecule has 2 aliphatic rings. The van der Waals surface area contributed by atoms with Crippen molar-refractivity contribution in [1.82, 2.24) is 9.80 Å². The van der Waals surface area contributed by atoms with Crippen LogP contribution >= 0.6 is 0 Å². The van der Waals surface area contributed by atoms with Crippen LogP contribution in [-0.2, 0) is 31.7 Å². The van der Waals surface area contributed by atoms with Crippen LogP contribution in [0.4, 0.5) is 13.2 Å². The van der Waals surface area contributed by atoms with Gasteiger partial charge < -0.3 is 14.5 Å². The van der Waals surface area contributed by atoms with Gasteiger partial charge in [-0.05, 0) is 30.5 Å². The summed E-state index contributed by atoms with van der Waals surface area (Å²) in [6.45, 7) is 3.75. The minimum atomic E-state index is -4.51. The third kappa shape index (κ3) is 3.86. The average molecular weight is 410 g/mol. The maximum absolute atomic E-state index is 13.1. The van der Waals surface area contributed by atoms with E-state index in [1.807, 2.05) is 0 Å². The fourth-order valence-electron chi connectivity index (χ4n) is 3.79. The van der Waals surface area contributed by atoms with Gasteiger partial charge >= 0.3 is 12.1 Å². The van der Waals surface area contributed by atoms with Crippen LogP contribution in [0.25, 0.3) is 0 Å². The first-order valence-electron chi connectivity index (χ1n) is 9.13. The predicted molar refractivity (Wildman–Crippen MR) is 96.5 cm³/mol. The maximum Gasteiger partial charge on any atom is 0.416 e. The first kappa shape index (κ1) is 20.9. The van der Waals surface area contributed by atoms with Crippen molar-refractivity contribution in [3.05, 3.63) is 48.0 Å². The van der Waals surface area contributed by atoms with E-state index in [1.165, 1.54) is 21.9 Å². The molecule has 1 aromatic carbocycles. The quantitative estimate of drug-likeness (QED) is 0.551. The van der Waals surface area contributed by atoms with Crippen LogP contribution in [0.1, 0.15) is 24.0 Å². The summed E-state index contributed by atoms with van der Waals surface area (Å²) < 4.78 is 43.8. The predicted octanol–water partition coefficient (Wildman–Crippen LogP) is 2.18. The van der Waals surface area contributed by atoms with E-state index in [0.717, 1.165) is 25.3 Å². The zero-order chi connectivity index (χ0) is 21.4. The number of ether oxygens (including phenoxy) is 1. The Kier molecular flexibility index (Phi) is 5.42. The molecule has 1 atom stereocenters. The molecule has 3 rings (SSSR count). The SMILES string of the molecule is C=CC(=O)N1CCN([C@@H](Cc2cccc(C(F)(F)F)c2)C(=O)OC)C(=O)C12CC2. The number of carbonyl (C=O) groups excluding carboxylic acids is 3. The summed E-state index contributed by atoms with van der Waals surface area (Å²) in [5.41, 5.74) is -1.56. The number of rotatable bonds is 5. The van der Waals surface area contributed by atoms with Crippen LogP contribution in [0.2, 0.25) is 0 Å². The molecular weight excluding hydrogens is 389 g/mol. The summed E-state index contributed by atoms with van der Waals surface area (Å²) in [5.74, 6) is -1.46. The largest absolute Gasteiger partial charge is 0.467 e. The van der Waals surface area contributed by atoms with Crippen molar-refractivity contribution in [2.24, 2.45) is 0 Å². The second-order valence-corrected chi connectivity index (χ2v) is 7.17. The van der Waals surface area contributed by atoms with Gasteiger partial charge in [0.15, 0.2) is 0 Å². The molecule has 1 aliphatic carbocycles. The van der Waals surface area contributed by atoms with Crippen molar-refractivity contribution in [3.8, 4) is 0 Å². The normalized spacial score (nSPS) is 19.1. The molecule has 1 saturated heterocycles. The van der Waals surface area contributed by atoms with Gasteiger partial charge in [0.2, 0.25) is 11.8 Å². The van der Waals surface area contributed by atoms with Gasteiger partial charge in [0, 0.05) is 19.5 Å². The number of esters is 1. The van der Waals surface area contributed by atoms with Crippen molar-refractivity contribution in [1.29, 1.82) is 0 Å². The highest BCUT2D eigenvalue weighted by molar-refractivity contribution is 5.99. The molecule has 0 bridgehead atoms. The fraction of sp³-hybridized carbons (Fsp3) is 0.450. The molecule has 1 aliphatic heterocycles. The summed E-state index contributed by atoms with van der Waals surface area (Å²) in [4.78, 5) is 40.4. The van der Waals surface area contributed by atoms with E-state index in [-0.39, 0.29) is 36.9 Å². The van der Waals surface area contributed by atoms with Crippen molar-refractivity contribution in [3.63, 3.8) is 0 Å². The summed E-state index contributed by atoms with van der Waals surface area (Å²) in [6, 6.07) is 3.57. The summed E-state index contributed by atoms with van der Waals surface area (Å²) in [5, 5.41) is 0. The van der Waals surface area contributed by atoms with Gasteiger partial charge in [0.25, 0.3) is 0 Å². The van der Waals surface area contributed by atoms with Crippen LogP contribution in [0.15, 0.2) is 36.9 Å². The lowest BCUT2D eigenvalue weighted by atomic mass is 9.99. The molecule has 2 fully saturated rings. The first-order chi connectivity index (χ1) is 13.6. The topological polar surface area (TPSA) is 66.9 Å². The van der Waals surface area contributed by atoms with E-state index in [9.17, 15) is 27.6 Å². The molecule has 29 heavy (non-hydrogen) atoms. The molecule has 9 heteroatoms. The number of piperazine rings is 1. The minimum Gasteiger partial charge on any atom is -0.467 e. The second kappa shape index (κ2) is 7.53. The van der Waals surface area contributed by atoms with Crippen LogP contribution in [0, 0.1) is 0 Å². The third-order valence-corrected chi connectivity index (χ3v) is 5.44.